The zero-order chi connectivity index (χ0) is 15.9. The van der Waals surface area contributed by atoms with E-state index in [-0.39, 0.29) is 5.91 Å². The predicted octanol–water partition coefficient (Wildman–Crippen LogP) is 2.97. The lowest BCUT2D eigenvalue weighted by Gasteiger charge is -2.33. The van der Waals surface area contributed by atoms with Gasteiger partial charge in [0, 0.05) is 13.1 Å². The molecule has 1 saturated heterocycles. The molecule has 1 heterocycles. The molecule has 0 bridgehead atoms. The maximum absolute atomic E-state index is 12.1. The lowest BCUT2D eigenvalue weighted by Crippen LogP contribution is -2.44. The zero-order valence-electron chi connectivity index (χ0n) is 13.2. The van der Waals surface area contributed by atoms with Crippen molar-refractivity contribution in [2.75, 3.05) is 13.1 Å². The minimum Gasteiger partial charge on any atom is -0.481 e. The number of carbonyl (C=O) groups excluding carboxylic acids is 1. The molecule has 2 atom stereocenters. The van der Waals surface area contributed by atoms with Gasteiger partial charge in [0.25, 0.3) is 0 Å². The highest BCUT2D eigenvalue weighted by molar-refractivity contribution is 5.96. The van der Waals surface area contributed by atoms with Crippen LogP contribution in [-0.2, 0) is 16.0 Å². The number of nitrogens with zero attached hydrogens (tertiary/aromatic N) is 1. The Balaban J connectivity index is 1.78. The van der Waals surface area contributed by atoms with Crippen LogP contribution in [0.3, 0.4) is 0 Å². The molecule has 2 unspecified atom stereocenters. The molecule has 22 heavy (non-hydrogen) atoms. The summed E-state index contributed by atoms with van der Waals surface area (Å²) in [4.78, 5) is 24.8. The Kier molecular flexibility index (Phi) is 5.99. The first-order valence-electron chi connectivity index (χ1n) is 8.13. The van der Waals surface area contributed by atoms with Crippen LogP contribution in [0.1, 0.15) is 38.2 Å². The van der Waals surface area contributed by atoms with Crippen LogP contribution in [0.25, 0.3) is 0 Å². The van der Waals surface area contributed by atoms with Gasteiger partial charge < -0.3 is 10.0 Å². The SMILES string of the molecule is CC(C(=O)O)C(=O)N1CCCC(CCCc2ccccc2)C1. The number of hydrogen-bond donors (Lipinski definition) is 1. The fourth-order valence-electron chi connectivity index (χ4n) is 3.12. The van der Waals surface area contributed by atoms with Crippen LogP contribution in [0, 0.1) is 11.8 Å². The topological polar surface area (TPSA) is 57.6 Å². The molecule has 0 radical (unpaired) electrons. The van der Waals surface area contributed by atoms with Crippen molar-refractivity contribution < 1.29 is 14.7 Å². The molecule has 0 spiro atoms. The highest BCUT2D eigenvalue weighted by Gasteiger charge is 2.29. The van der Waals surface area contributed by atoms with Crippen LogP contribution >= 0.6 is 0 Å². The van der Waals surface area contributed by atoms with Gasteiger partial charge in [0.05, 0.1) is 0 Å². The van der Waals surface area contributed by atoms with Gasteiger partial charge in [-0.25, -0.2) is 0 Å². The first-order valence-corrected chi connectivity index (χ1v) is 8.13. The summed E-state index contributed by atoms with van der Waals surface area (Å²) in [5, 5.41) is 8.97. The summed E-state index contributed by atoms with van der Waals surface area (Å²) in [7, 11) is 0. The Hall–Kier alpha value is -1.84. The molecule has 4 heteroatoms. The number of piperidine rings is 1. The van der Waals surface area contributed by atoms with Crippen LogP contribution in [0.5, 0.6) is 0 Å². The van der Waals surface area contributed by atoms with Crippen LogP contribution < -0.4 is 0 Å². The number of rotatable bonds is 6. The van der Waals surface area contributed by atoms with E-state index < -0.39 is 11.9 Å². The normalized spacial score (nSPS) is 19.7. The number of hydrogen-bond acceptors (Lipinski definition) is 2. The van der Waals surface area contributed by atoms with Crippen LogP contribution in [0.15, 0.2) is 30.3 Å². The molecule has 4 nitrogen and oxygen atoms in total. The van der Waals surface area contributed by atoms with Gasteiger partial charge in [-0.1, -0.05) is 30.3 Å². The molecule has 1 amide bonds. The van der Waals surface area contributed by atoms with Gasteiger partial charge in [0.2, 0.25) is 5.91 Å². The Morgan fingerprint density at radius 2 is 2.05 bits per heavy atom. The van der Waals surface area contributed by atoms with E-state index in [2.05, 4.69) is 24.3 Å². The smallest absolute Gasteiger partial charge is 0.315 e. The average Bonchev–Trinajstić information content (AvgIpc) is 2.54. The Morgan fingerprint density at radius 1 is 1.32 bits per heavy atom. The van der Waals surface area contributed by atoms with Crippen molar-refractivity contribution in [3.05, 3.63) is 35.9 Å². The van der Waals surface area contributed by atoms with Gasteiger partial charge in [-0.2, -0.15) is 0 Å². The van der Waals surface area contributed by atoms with E-state index in [9.17, 15) is 9.59 Å². The largest absolute Gasteiger partial charge is 0.481 e. The van der Waals surface area contributed by atoms with E-state index >= 15 is 0 Å². The molecular formula is C18H25NO3. The highest BCUT2D eigenvalue weighted by atomic mass is 16.4. The minimum absolute atomic E-state index is 0.236. The molecule has 0 aromatic heterocycles. The van der Waals surface area contributed by atoms with Crippen molar-refractivity contribution >= 4 is 11.9 Å². The Bertz CT molecular complexity index is 500. The van der Waals surface area contributed by atoms with E-state index in [0.29, 0.717) is 19.0 Å². The van der Waals surface area contributed by atoms with E-state index in [0.717, 1.165) is 32.1 Å². The number of aliphatic carboxylic acids is 1. The van der Waals surface area contributed by atoms with E-state index in [4.69, 9.17) is 5.11 Å². The number of carbonyl (C=O) groups is 2. The van der Waals surface area contributed by atoms with Crippen molar-refractivity contribution in [2.24, 2.45) is 11.8 Å². The number of benzene rings is 1. The number of likely N-dealkylation sites (tertiary alicyclic amines) is 1. The molecule has 1 aromatic carbocycles. The number of carboxylic acids is 1. The maximum Gasteiger partial charge on any atom is 0.315 e. The van der Waals surface area contributed by atoms with Crippen molar-refractivity contribution in [3.63, 3.8) is 0 Å². The van der Waals surface area contributed by atoms with Crippen molar-refractivity contribution in [3.8, 4) is 0 Å². The predicted molar refractivity (Wildman–Crippen MR) is 85.5 cm³/mol. The zero-order valence-corrected chi connectivity index (χ0v) is 13.2. The monoisotopic (exact) mass is 303 g/mol. The second-order valence-corrected chi connectivity index (χ2v) is 6.23. The second kappa shape index (κ2) is 7.97. The molecule has 120 valence electrons. The lowest BCUT2D eigenvalue weighted by atomic mass is 9.91. The molecule has 0 aliphatic carbocycles. The fraction of sp³-hybridized carbons (Fsp3) is 0.556. The lowest BCUT2D eigenvalue weighted by molar-refractivity contribution is -0.151. The summed E-state index contributed by atoms with van der Waals surface area (Å²) in [6.07, 6.45) is 5.40. The number of aryl methyl sites for hydroxylation is 1. The average molecular weight is 303 g/mol. The Morgan fingerprint density at radius 3 is 2.73 bits per heavy atom. The molecule has 1 aromatic rings. The molecule has 1 aliphatic rings. The van der Waals surface area contributed by atoms with Crippen LogP contribution in [0.2, 0.25) is 0 Å². The quantitative estimate of drug-likeness (QED) is 0.822. The third kappa shape index (κ3) is 4.58. The molecule has 1 fully saturated rings. The maximum atomic E-state index is 12.1. The van der Waals surface area contributed by atoms with Crippen LogP contribution in [-0.4, -0.2) is 35.0 Å². The minimum atomic E-state index is -1.03. The standard InChI is InChI=1S/C18H25NO3/c1-14(18(21)22)17(20)19-12-6-11-16(13-19)10-5-9-15-7-3-2-4-8-15/h2-4,7-8,14,16H,5-6,9-13H2,1H3,(H,21,22). The molecule has 2 rings (SSSR count). The molecule has 0 saturated carbocycles. The summed E-state index contributed by atoms with van der Waals surface area (Å²) < 4.78 is 0. The number of carboxylic acid groups (broad SMARTS) is 1. The molecular weight excluding hydrogens is 278 g/mol. The summed E-state index contributed by atoms with van der Waals surface area (Å²) in [5.41, 5.74) is 1.35. The summed E-state index contributed by atoms with van der Waals surface area (Å²) in [5.74, 6) is -1.69. The first-order chi connectivity index (χ1) is 10.6. The van der Waals surface area contributed by atoms with Gasteiger partial charge in [-0.05, 0) is 50.5 Å². The van der Waals surface area contributed by atoms with Crippen molar-refractivity contribution in [2.45, 2.75) is 39.0 Å². The summed E-state index contributed by atoms with van der Waals surface area (Å²) >= 11 is 0. The summed E-state index contributed by atoms with van der Waals surface area (Å²) in [6, 6.07) is 10.4. The van der Waals surface area contributed by atoms with Crippen molar-refractivity contribution in [1.82, 2.24) is 4.90 Å². The summed E-state index contributed by atoms with van der Waals surface area (Å²) in [6.45, 7) is 2.89. The van der Waals surface area contributed by atoms with Gasteiger partial charge in [0.1, 0.15) is 5.92 Å². The number of amides is 1. The first kappa shape index (κ1) is 16.5. The molecule has 1 aliphatic heterocycles. The van der Waals surface area contributed by atoms with Gasteiger partial charge >= 0.3 is 5.97 Å². The van der Waals surface area contributed by atoms with E-state index in [1.54, 1.807) is 4.90 Å². The van der Waals surface area contributed by atoms with Gasteiger partial charge in [0.15, 0.2) is 0 Å². The third-order valence-electron chi connectivity index (χ3n) is 4.49. The van der Waals surface area contributed by atoms with Gasteiger partial charge in [-0.3, -0.25) is 9.59 Å². The van der Waals surface area contributed by atoms with Gasteiger partial charge in [-0.15, -0.1) is 0 Å². The Labute approximate surface area is 132 Å². The second-order valence-electron chi connectivity index (χ2n) is 6.23. The van der Waals surface area contributed by atoms with Crippen molar-refractivity contribution in [1.29, 1.82) is 0 Å². The highest BCUT2D eigenvalue weighted by Crippen LogP contribution is 2.23. The molecule has 1 N–H and O–H groups in total. The van der Waals surface area contributed by atoms with E-state index in [1.165, 1.54) is 12.5 Å². The van der Waals surface area contributed by atoms with Crippen LogP contribution in [0.4, 0.5) is 0 Å². The van der Waals surface area contributed by atoms with E-state index in [1.807, 2.05) is 6.07 Å². The third-order valence-corrected chi connectivity index (χ3v) is 4.49. The fourth-order valence-corrected chi connectivity index (χ4v) is 3.12.